The fourth-order valence-electron chi connectivity index (χ4n) is 1.79. The van der Waals surface area contributed by atoms with Gasteiger partial charge in [-0.1, -0.05) is 6.07 Å². The molecule has 2 rings (SSSR count). The van der Waals surface area contributed by atoms with Crippen molar-refractivity contribution >= 4 is 17.3 Å². The summed E-state index contributed by atoms with van der Waals surface area (Å²) in [7, 11) is 0. The van der Waals surface area contributed by atoms with Crippen LogP contribution in [-0.4, -0.2) is 15.5 Å². The van der Waals surface area contributed by atoms with Gasteiger partial charge in [-0.25, -0.2) is 14.4 Å². The van der Waals surface area contributed by atoms with E-state index in [0.29, 0.717) is 17.3 Å². The lowest BCUT2D eigenvalue weighted by Crippen LogP contribution is -2.26. The van der Waals surface area contributed by atoms with Crippen molar-refractivity contribution < 1.29 is 4.39 Å². The Kier molecular flexibility index (Phi) is 3.88. The molecule has 0 atom stereocenters. The van der Waals surface area contributed by atoms with Crippen molar-refractivity contribution in [2.24, 2.45) is 0 Å². The van der Waals surface area contributed by atoms with E-state index >= 15 is 0 Å². The van der Waals surface area contributed by atoms with E-state index in [1.54, 1.807) is 12.1 Å². The molecule has 0 amide bonds. The predicted molar refractivity (Wildman–Crippen MR) is 79.8 cm³/mol. The van der Waals surface area contributed by atoms with Crippen LogP contribution < -0.4 is 10.6 Å². The average molecular weight is 274 g/mol. The van der Waals surface area contributed by atoms with Crippen LogP contribution in [0.5, 0.6) is 0 Å². The summed E-state index contributed by atoms with van der Waals surface area (Å²) in [5.41, 5.74) is 0.571. The van der Waals surface area contributed by atoms with E-state index in [1.165, 1.54) is 12.1 Å². The number of halogens is 1. The zero-order valence-corrected chi connectivity index (χ0v) is 12.2. The molecule has 0 bridgehead atoms. The minimum atomic E-state index is -0.284. The summed E-state index contributed by atoms with van der Waals surface area (Å²) in [5, 5.41) is 6.37. The smallest absolute Gasteiger partial charge is 0.136 e. The molecule has 2 N–H and O–H groups in total. The van der Waals surface area contributed by atoms with Crippen LogP contribution in [0.25, 0.3) is 0 Å². The van der Waals surface area contributed by atoms with Gasteiger partial charge < -0.3 is 10.6 Å². The topological polar surface area (TPSA) is 49.8 Å². The fraction of sp³-hybridized carbons (Fsp3) is 0.333. The molecule has 0 aliphatic carbocycles. The van der Waals surface area contributed by atoms with E-state index in [1.807, 2.05) is 13.0 Å². The highest BCUT2D eigenvalue weighted by Crippen LogP contribution is 2.20. The maximum Gasteiger partial charge on any atom is 0.136 e. The number of nitrogens with zero attached hydrogens (tertiary/aromatic N) is 2. The molecular weight excluding hydrogens is 255 g/mol. The lowest BCUT2D eigenvalue weighted by atomic mass is 10.1. The Labute approximate surface area is 118 Å². The number of aromatic nitrogens is 2. The van der Waals surface area contributed by atoms with Gasteiger partial charge in [-0.2, -0.15) is 0 Å². The van der Waals surface area contributed by atoms with Gasteiger partial charge in [0, 0.05) is 17.3 Å². The third kappa shape index (κ3) is 4.19. The van der Waals surface area contributed by atoms with Crippen molar-refractivity contribution in [3.05, 3.63) is 42.0 Å². The van der Waals surface area contributed by atoms with Crippen molar-refractivity contribution in [3.8, 4) is 0 Å². The predicted octanol–water partition coefficient (Wildman–Crippen LogP) is 3.88. The number of rotatable bonds is 3. The highest BCUT2D eigenvalue weighted by Gasteiger charge is 2.11. The van der Waals surface area contributed by atoms with Gasteiger partial charge in [0.15, 0.2) is 0 Å². The summed E-state index contributed by atoms with van der Waals surface area (Å²) in [6.45, 7) is 8.00. The molecule has 20 heavy (non-hydrogen) atoms. The number of hydrogen-bond acceptors (Lipinski definition) is 4. The Balaban J connectivity index is 2.24. The molecule has 0 aliphatic rings. The largest absolute Gasteiger partial charge is 0.365 e. The second-order valence-electron chi connectivity index (χ2n) is 5.70. The van der Waals surface area contributed by atoms with E-state index in [0.717, 1.165) is 5.82 Å². The van der Waals surface area contributed by atoms with Crippen LogP contribution in [0.4, 0.5) is 21.7 Å². The SMILES string of the molecule is Cc1nc(Nc2cccc(F)c2)cc(NC(C)(C)C)n1. The second kappa shape index (κ2) is 5.45. The lowest BCUT2D eigenvalue weighted by molar-refractivity contribution is 0.628. The zero-order valence-electron chi connectivity index (χ0n) is 12.2. The van der Waals surface area contributed by atoms with Crippen LogP contribution in [0.3, 0.4) is 0 Å². The lowest BCUT2D eigenvalue weighted by Gasteiger charge is -2.21. The minimum absolute atomic E-state index is 0.0864. The van der Waals surface area contributed by atoms with E-state index in [4.69, 9.17) is 0 Å². The van der Waals surface area contributed by atoms with Gasteiger partial charge in [0.25, 0.3) is 0 Å². The molecule has 1 heterocycles. The molecule has 1 aromatic heterocycles. The third-order valence-corrected chi connectivity index (χ3v) is 2.44. The number of benzene rings is 1. The van der Waals surface area contributed by atoms with E-state index in [9.17, 15) is 4.39 Å². The quantitative estimate of drug-likeness (QED) is 0.891. The van der Waals surface area contributed by atoms with Crippen molar-refractivity contribution in [2.75, 3.05) is 10.6 Å². The number of anilines is 3. The first-order chi connectivity index (χ1) is 9.32. The third-order valence-electron chi connectivity index (χ3n) is 2.44. The number of hydrogen-bond donors (Lipinski definition) is 2. The minimum Gasteiger partial charge on any atom is -0.365 e. The monoisotopic (exact) mass is 274 g/mol. The van der Waals surface area contributed by atoms with Crippen molar-refractivity contribution in [2.45, 2.75) is 33.2 Å². The van der Waals surface area contributed by atoms with Gasteiger partial charge in [-0.15, -0.1) is 0 Å². The van der Waals surface area contributed by atoms with Gasteiger partial charge in [-0.3, -0.25) is 0 Å². The van der Waals surface area contributed by atoms with Gasteiger partial charge in [-0.05, 0) is 45.9 Å². The highest BCUT2D eigenvalue weighted by molar-refractivity contribution is 5.59. The summed E-state index contributed by atoms with van der Waals surface area (Å²) in [6.07, 6.45) is 0. The zero-order chi connectivity index (χ0) is 14.8. The first-order valence-electron chi connectivity index (χ1n) is 6.48. The van der Waals surface area contributed by atoms with Gasteiger partial charge in [0.05, 0.1) is 0 Å². The second-order valence-corrected chi connectivity index (χ2v) is 5.70. The summed E-state index contributed by atoms with van der Waals surface area (Å²) in [5.74, 6) is 1.74. The standard InChI is InChI=1S/C15H19FN4/c1-10-17-13(9-14(18-10)20-15(2,3)4)19-12-7-5-6-11(16)8-12/h5-9H,1-4H3,(H2,17,18,19,20). The number of nitrogens with one attached hydrogen (secondary N) is 2. The van der Waals surface area contributed by atoms with E-state index in [2.05, 4.69) is 41.4 Å². The van der Waals surface area contributed by atoms with E-state index in [-0.39, 0.29) is 11.4 Å². The molecule has 0 saturated heterocycles. The summed E-state index contributed by atoms with van der Waals surface area (Å²) < 4.78 is 13.2. The van der Waals surface area contributed by atoms with Crippen LogP contribution >= 0.6 is 0 Å². The normalized spacial score (nSPS) is 11.2. The van der Waals surface area contributed by atoms with Crippen molar-refractivity contribution in [1.82, 2.24) is 9.97 Å². The van der Waals surface area contributed by atoms with Crippen molar-refractivity contribution in [3.63, 3.8) is 0 Å². The van der Waals surface area contributed by atoms with Crippen LogP contribution in [0.2, 0.25) is 0 Å². The highest BCUT2D eigenvalue weighted by atomic mass is 19.1. The van der Waals surface area contributed by atoms with Gasteiger partial charge in [0.1, 0.15) is 23.3 Å². The Hall–Kier alpha value is -2.17. The molecule has 0 radical (unpaired) electrons. The first-order valence-corrected chi connectivity index (χ1v) is 6.48. The first kappa shape index (κ1) is 14.2. The molecule has 0 spiro atoms. The van der Waals surface area contributed by atoms with E-state index < -0.39 is 0 Å². The Morgan fingerprint density at radius 2 is 1.75 bits per heavy atom. The summed E-state index contributed by atoms with van der Waals surface area (Å²) in [6, 6.07) is 8.08. The van der Waals surface area contributed by atoms with Gasteiger partial charge in [0.2, 0.25) is 0 Å². The summed E-state index contributed by atoms with van der Waals surface area (Å²) in [4.78, 5) is 8.65. The molecular formula is C15H19FN4. The average Bonchev–Trinajstić information content (AvgIpc) is 2.25. The summed E-state index contributed by atoms with van der Waals surface area (Å²) >= 11 is 0. The molecule has 0 saturated carbocycles. The Morgan fingerprint density at radius 3 is 2.40 bits per heavy atom. The van der Waals surface area contributed by atoms with Crippen LogP contribution in [0, 0.1) is 12.7 Å². The maximum absolute atomic E-state index is 13.2. The molecule has 1 aromatic carbocycles. The molecule has 5 heteroatoms. The van der Waals surface area contributed by atoms with Crippen LogP contribution in [0.1, 0.15) is 26.6 Å². The fourth-order valence-corrected chi connectivity index (χ4v) is 1.79. The molecule has 4 nitrogen and oxygen atoms in total. The van der Waals surface area contributed by atoms with Crippen LogP contribution in [-0.2, 0) is 0 Å². The molecule has 2 aromatic rings. The molecule has 0 unspecified atom stereocenters. The molecule has 106 valence electrons. The molecule has 0 aliphatic heterocycles. The Bertz CT molecular complexity index is 605. The van der Waals surface area contributed by atoms with Crippen molar-refractivity contribution in [1.29, 1.82) is 0 Å². The number of aryl methyl sites for hydroxylation is 1. The maximum atomic E-state index is 13.2. The van der Waals surface area contributed by atoms with Crippen LogP contribution in [0.15, 0.2) is 30.3 Å². The van der Waals surface area contributed by atoms with Gasteiger partial charge >= 0.3 is 0 Å². The Morgan fingerprint density at radius 1 is 1.05 bits per heavy atom. The molecule has 0 fully saturated rings.